The van der Waals surface area contributed by atoms with Crippen LogP contribution in [0, 0.1) is 5.92 Å². The number of rotatable bonds is 8. The summed E-state index contributed by atoms with van der Waals surface area (Å²) in [7, 11) is 3.47. The van der Waals surface area contributed by atoms with E-state index in [-0.39, 0.29) is 48.3 Å². The van der Waals surface area contributed by atoms with Gasteiger partial charge in [-0.05, 0) is 31.7 Å². The van der Waals surface area contributed by atoms with E-state index in [2.05, 4.69) is 20.1 Å². The number of halogens is 1. The summed E-state index contributed by atoms with van der Waals surface area (Å²) < 4.78 is 5.38. The highest BCUT2D eigenvalue weighted by molar-refractivity contribution is 14.0. The minimum absolute atomic E-state index is 0. The number of likely N-dealkylation sites (N-methyl/N-ethyl adjacent to an activating group) is 1. The van der Waals surface area contributed by atoms with E-state index in [1.807, 2.05) is 0 Å². The third kappa shape index (κ3) is 9.94. The Balaban J connectivity index is 0.00000420. The number of aliphatic imine (C=N–C) groups is 1. The first-order valence-corrected chi connectivity index (χ1v) is 10.3. The second-order valence-electron chi connectivity index (χ2n) is 7.79. The lowest BCUT2D eigenvalue weighted by molar-refractivity contribution is -0.127. The number of likely N-dealkylation sites (tertiary alicyclic amines) is 1. The third-order valence-electron chi connectivity index (χ3n) is 5.21. The average Bonchev–Trinajstić information content (AvgIpc) is 2.67. The molecule has 0 aromatic carbocycles. The molecule has 0 aromatic rings. The molecule has 2 amide bonds. The van der Waals surface area contributed by atoms with Crippen molar-refractivity contribution in [2.75, 3.05) is 73.1 Å². The summed E-state index contributed by atoms with van der Waals surface area (Å²) >= 11 is 0. The number of nitrogens with one attached hydrogen (secondary N) is 1. The zero-order chi connectivity index (χ0) is 20.4. The van der Waals surface area contributed by atoms with Gasteiger partial charge < -0.3 is 25.6 Å². The standard InChI is InChI=1S/C19H36N6O3.HI/c1-23(2)18(27)14-22-19(21-6-4-7-24-9-11-28-12-10-24)25-8-3-5-16(15-25)13-17(20)26;/h16H,3-15H2,1-2H3,(H2,20,26)(H,21,22);1H. The van der Waals surface area contributed by atoms with Gasteiger partial charge in [-0.2, -0.15) is 0 Å². The van der Waals surface area contributed by atoms with Gasteiger partial charge in [-0.1, -0.05) is 0 Å². The second-order valence-corrected chi connectivity index (χ2v) is 7.79. The number of primary amides is 1. The Morgan fingerprint density at radius 1 is 1.24 bits per heavy atom. The van der Waals surface area contributed by atoms with Crippen LogP contribution in [0.15, 0.2) is 4.99 Å². The van der Waals surface area contributed by atoms with Crippen LogP contribution in [-0.2, 0) is 14.3 Å². The summed E-state index contributed by atoms with van der Waals surface area (Å²) in [5.74, 6) is 0.715. The van der Waals surface area contributed by atoms with Gasteiger partial charge in [0.1, 0.15) is 6.54 Å². The summed E-state index contributed by atoms with van der Waals surface area (Å²) in [6, 6.07) is 0. The van der Waals surface area contributed by atoms with E-state index in [1.165, 1.54) is 0 Å². The van der Waals surface area contributed by atoms with Crippen molar-refractivity contribution in [1.82, 2.24) is 20.0 Å². The lowest BCUT2D eigenvalue weighted by atomic mass is 9.95. The molecule has 0 saturated carbocycles. The zero-order valence-corrected chi connectivity index (χ0v) is 20.1. The predicted octanol–water partition coefficient (Wildman–Crippen LogP) is -0.0521. The lowest BCUT2D eigenvalue weighted by Gasteiger charge is -2.35. The van der Waals surface area contributed by atoms with E-state index in [9.17, 15) is 9.59 Å². The Bertz CT molecular complexity index is 540. The SMILES string of the molecule is CN(C)C(=O)CN=C(NCCCN1CCOCC1)N1CCCC(CC(N)=O)C1.I. The molecule has 1 atom stereocenters. The van der Waals surface area contributed by atoms with Crippen LogP contribution in [-0.4, -0.2) is 106 Å². The molecule has 0 spiro atoms. The quantitative estimate of drug-likeness (QED) is 0.200. The molecule has 3 N–H and O–H groups in total. The van der Waals surface area contributed by atoms with Crippen LogP contribution in [0.2, 0.25) is 0 Å². The normalized spacial score (nSPS) is 20.7. The zero-order valence-electron chi connectivity index (χ0n) is 17.8. The van der Waals surface area contributed by atoms with Crippen LogP contribution in [0.25, 0.3) is 0 Å². The van der Waals surface area contributed by atoms with Gasteiger partial charge in [0.25, 0.3) is 0 Å². The van der Waals surface area contributed by atoms with Crippen molar-refractivity contribution in [3.63, 3.8) is 0 Å². The molecule has 10 heteroatoms. The Kier molecular flexibility index (Phi) is 12.5. The fourth-order valence-electron chi connectivity index (χ4n) is 3.59. The van der Waals surface area contributed by atoms with Gasteiger partial charge >= 0.3 is 0 Å². The lowest BCUT2D eigenvalue weighted by Crippen LogP contribution is -2.48. The molecule has 2 aliphatic rings. The van der Waals surface area contributed by atoms with Crippen molar-refractivity contribution in [2.24, 2.45) is 16.6 Å². The monoisotopic (exact) mass is 524 g/mol. The molecule has 29 heavy (non-hydrogen) atoms. The minimum atomic E-state index is -0.258. The number of hydrogen-bond acceptors (Lipinski definition) is 5. The molecule has 2 heterocycles. The van der Waals surface area contributed by atoms with Crippen molar-refractivity contribution in [2.45, 2.75) is 25.7 Å². The van der Waals surface area contributed by atoms with E-state index in [4.69, 9.17) is 10.5 Å². The molecule has 0 aromatic heterocycles. The van der Waals surface area contributed by atoms with Crippen molar-refractivity contribution >= 4 is 41.8 Å². The Labute approximate surface area is 191 Å². The first kappa shape index (κ1) is 25.9. The Morgan fingerprint density at radius 2 is 1.97 bits per heavy atom. The first-order chi connectivity index (χ1) is 13.5. The summed E-state index contributed by atoms with van der Waals surface area (Å²) in [5.41, 5.74) is 5.38. The number of amides is 2. The molecule has 168 valence electrons. The van der Waals surface area contributed by atoms with Crippen molar-refractivity contribution in [3.05, 3.63) is 0 Å². The van der Waals surface area contributed by atoms with Crippen molar-refractivity contribution < 1.29 is 14.3 Å². The van der Waals surface area contributed by atoms with Crippen LogP contribution in [0.1, 0.15) is 25.7 Å². The minimum Gasteiger partial charge on any atom is -0.379 e. The molecule has 1 unspecified atom stereocenters. The number of carbonyl (C=O) groups excluding carboxylic acids is 2. The van der Waals surface area contributed by atoms with Gasteiger partial charge in [0.15, 0.2) is 5.96 Å². The maximum atomic E-state index is 12.0. The number of ether oxygens (including phenoxy) is 1. The second kappa shape index (κ2) is 14.0. The molecule has 0 aliphatic carbocycles. The number of piperidine rings is 1. The fourth-order valence-corrected chi connectivity index (χ4v) is 3.59. The van der Waals surface area contributed by atoms with Gasteiger partial charge in [0, 0.05) is 53.2 Å². The molecule has 2 rings (SSSR count). The van der Waals surface area contributed by atoms with Gasteiger partial charge in [-0.3, -0.25) is 14.5 Å². The molecule has 0 bridgehead atoms. The highest BCUT2D eigenvalue weighted by atomic mass is 127. The number of morpholine rings is 1. The van der Waals surface area contributed by atoms with E-state index in [1.54, 1.807) is 19.0 Å². The summed E-state index contributed by atoms with van der Waals surface area (Å²) in [6.45, 7) is 7.14. The van der Waals surface area contributed by atoms with Gasteiger partial charge in [0.2, 0.25) is 11.8 Å². The molecule has 0 radical (unpaired) electrons. The van der Waals surface area contributed by atoms with Gasteiger partial charge in [-0.15, -0.1) is 24.0 Å². The van der Waals surface area contributed by atoms with E-state index in [0.717, 1.165) is 77.7 Å². The third-order valence-corrected chi connectivity index (χ3v) is 5.21. The number of hydrogen-bond donors (Lipinski definition) is 2. The highest BCUT2D eigenvalue weighted by Crippen LogP contribution is 2.19. The Morgan fingerprint density at radius 3 is 2.62 bits per heavy atom. The maximum absolute atomic E-state index is 12.0. The summed E-state index contributed by atoms with van der Waals surface area (Å²) in [6.07, 6.45) is 3.39. The Hall–Kier alpha value is -1.14. The highest BCUT2D eigenvalue weighted by Gasteiger charge is 2.24. The van der Waals surface area contributed by atoms with E-state index in [0.29, 0.717) is 6.42 Å². The van der Waals surface area contributed by atoms with Gasteiger partial charge in [0.05, 0.1) is 13.2 Å². The number of guanidine groups is 1. The topological polar surface area (TPSA) is 104 Å². The smallest absolute Gasteiger partial charge is 0.243 e. The van der Waals surface area contributed by atoms with E-state index >= 15 is 0 Å². The number of nitrogens with zero attached hydrogens (tertiary/aromatic N) is 4. The van der Waals surface area contributed by atoms with Crippen molar-refractivity contribution in [3.8, 4) is 0 Å². The summed E-state index contributed by atoms with van der Waals surface area (Å²) in [4.78, 5) is 33.9. The molecule has 9 nitrogen and oxygen atoms in total. The molecule has 2 fully saturated rings. The van der Waals surface area contributed by atoms with Crippen LogP contribution in [0.5, 0.6) is 0 Å². The molecular weight excluding hydrogens is 487 g/mol. The molecule has 2 aliphatic heterocycles. The van der Waals surface area contributed by atoms with Crippen LogP contribution < -0.4 is 11.1 Å². The average molecular weight is 524 g/mol. The number of carbonyl (C=O) groups is 2. The fraction of sp³-hybridized carbons (Fsp3) is 0.842. The maximum Gasteiger partial charge on any atom is 0.243 e. The van der Waals surface area contributed by atoms with Crippen LogP contribution >= 0.6 is 24.0 Å². The molecule has 2 saturated heterocycles. The predicted molar refractivity (Wildman–Crippen MR) is 124 cm³/mol. The summed E-state index contributed by atoms with van der Waals surface area (Å²) in [5, 5.41) is 3.43. The largest absolute Gasteiger partial charge is 0.379 e. The van der Waals surface area contributed by atoms with Gasteiger partial charge in [-0.25, -0.2) is 4.99 Å². The van der Waals surface area contributed by atoms with Crippen LogP contribution in [0.3, 0.4) is 0 Å². The van der Waals surface area contributed by atoms with Crippen LogP contribution in [0.4, 0.5) is 0 Å². The molecular formula is C19H37IN6O3. The van der Waals surface area contributed by atoms with Crippen molar-refractivity contribution in [1.29, 1.82) is 0 Å². The first-order valence-electron chi connectivity index (χ1n) is 10.3. The van der Waals surface area contributed by atoms with E-state index < -0.39 is 0 Å². The number of nitrogens with two attached hydrogens (primary N) is 1.